The molecular weight excluding hydrogens is 329 g/mol. The Hall–Kier alpha value is -2.29. The highest BCUT2D eigenvalue weighted by Gasteiger charge is 2.58. The summed E-state index contributed by atoms with van der Waals surface area (Å²) < 4.78 is 49.8. The minimum atomic E-state index is -5.09. The number of hydrogen-bond donors (Lipinski definition) is 2. The van der Waals surface area contributed by atoms with Gasteiger partial charge in [-0.2, -0.15) is 13.2 Å². The molecule has 0 radical (unpaired) electrons. The van der Waals surface area contributed by atoms with Gasteiger partial charge in [0, 0.05) is 0 Å². The van der Waals surface area contributed by atoms with Gasteiger partial charge in [-0.05, 0) is 32.4 Å². The van der Waals surface area contributed by atoms with Crippen molar-refractivity contribution in [3.8, 4) is 0 Å². The van der Waals surface area contributed by atoms with Gasteiger partial charge < -0.3 is 19.4 Å². The molecule has 0 aliphatic heterocycles. The minimum Gasteiger partial charge on any atom is -0.463 e. The maximum Gasteiger partial charge on any atom is 0.425 e. The van der Waals surface area contributed by atoms with E-state index in [4.69, 9.17) is 8.94 Å². The Morgan fingerprint density at radius 1 is 1.33 bits per heavy atom. The van der Waals surface area contributed by atoms with Crippen molar-refractivity contribution >= 4 is 11.6 Å². The van der Waals surface area contributed by atoms with Gasteiger partial charge in [0.2, 0.25) is 11.5 Å². The summed E-state index contributed by atoms with van der Waals surface area (Å²) in [5, 5.41) is 16.1. The van der Waals surface area contributed by atoms with Crippen molar-refractivity contribution in [2.75, 3.05) is 5.32 Å². The van der Waals surface area contributed by atoms with Crippen LogP contribution in [0, 0.1) is 13.8 Å². The minimum absolute atomic E-state index is 0.191. The molecular formula is C15H17F3N2O4. The van der Waals surface area contributed by atoms with E-state index in [0.29, 0.717) is 12.1 Å². The van der Waals surface area contributed by atoms with Crippen LogP contribution in [-0.4, -0.2) is 22.3 Å². The Morgan fingerprint density at radius 2 is 2.00 bits per heavy atom. The first-order chi connectivity index (χ1) is 11.1. The smallest absolute Gasteiger partial charge is 0.425 e. The molecule has 0 saturated carbocycles. The molecule has 2 N–H and O–H groups in total. The number of carbonyl (C=O) groups is 1. The molecule has 0 saturated heterocycles. The van der Waals surface area contributed by atoms with Crippen molar-refractivity contribution in [1.82, 2.24) is 5.16 Å². The molecule has 0 spiro atoms. The van der Waals surface area contributed by atoms with E-state index in [0.717, 1.165) is 6.07 Å². The summed E-state index contributed by atoms with van der Waals surface area (Å²) in [5.41, 5.74) is -2.81. The number of carbonyl (C=O) groups excluding carboxylic acids is 1. The molecule has 2 aromatic heterocycles. The standard InChI is InChI=1S/C15H17F3N2O4/c1-4-10-13(9(3)24-20-10)19-12(21)7-14(22,15(16,17)18)11-6-5-8(2)23-11/h5-6,22H,4,7H2,1-3H3,(H,19,21)/t14-/m0/s1. The van der Waals surface area contributed by atoms with E-state index in [-0.39, 0.29) is 17.2 Å². The van der Waals surface area contributed by atoms with E-state index in [1.165, 1.54) is 19.9 Å². The fourth-order valence-electron chi connectivity index (χ4n) is 2.22. The number of rotatable bonds is 5. The Bertz CT molecular complexity index is 735. The van der Waals surface area contributed by atoms with Crippen LogP contribution < -0.4 is 5.32 Å². The molecule has 0 aliphatic rings. The molecule has 0 aromatic carbocycles. The van der Waals surface area contributed by atoms with Crippen LogP contribution in [0.15, 0.2) is 21.1 Å². The van der Waals surface area contributed by atoms with Gasteiger partial charge in [-0.15, -0.1) is 0 Å². The number of aromatic nitrogens is 1. The number of amides is 1. The normalized spacial score (nSPS) is 14.5. The highest BCUT2D eigenvalue weighted by atomic mass is 19.4. The molecule has 0 bridgehead atoms. The fraction of sp³-hybridized carbons (Fsp3) is 0.467. The molecule has 0 fully saturated rings. The van der Waals surface area contributed by atoms with Crippen LogP contribution in [0.5, 0.6) is 0 Å². The first-order valence-electron chi connectivity index (χ1n) is 7.19. The third-order valence-corrected chi connectivity index (χ3v) is 3.57. The van der Waals surface area contributed by atoms with E-state index < -0.39 is 29.9 Å². The van der Waals surface area contributed by atoms with Crippen molar-refractivity contribution in [3.63, 3.8) is 0 Å². The summed E-state index contributed by atoms with van der Waals surface area (Å²) in [6, 6.07) is 2.28. The largest absolute Gasteiger partial charge is 0.463 e. The van der Waals surface area contributed by atoms with Gasteiger partial charge in [-0.1, -0.05) is 12.1 Å². The van der Waals surface area contributed by atoms with Gasteiger partial charge in [0.25, 0.3) is 0 Å². The van der Waals surface area contributed by atoms with Crippen molar-refractivity contribution in [1.29, 1.82) is 0 Å². The van der Waals surface area contributed by atoms with Crippen LogP contribution in [0.2, 0.25) is 0 Å². The molecule has 24 heavy (non-hydrogen) atoms. The lowest BCUT2D eigenvalue weighted by Gasteiger charge is -2.27. The van der Waals surface area contributed by atoms with E-state index in [2.05, 4.69) is 10.5 Å². The number of nitrogens with zero attached hydrogens (tertiary/aromatic N) is 1. The van der Waals surface area contributed by atoms with Gasteiger partial charge in [-0.25, -0.2) is 0 Å². The zero-order chi connectivity index (χ0) is 18.1. The summed E-state index contributed by atoms with van der Waals surface area (Å²) in [5.74, 6) is -1.31. The first-order valence-corrected chi connectivity index (χ1v) is 7.19. The molecule has 0 unspecified atom stereocenters. The summed E-state index contributed by atoms with van der Waals surface area (Å²) in [4.78, 5) is 12.1. The van der Waals surface area contributed by atoms with Crippen LogP contribution >= 0.6 is 0 Å². The SMILES string of the molecule is CCc1noc(C)c1NC(=O)C[C@](O)(c1ccc(C)o1)C(F)(F)F. The second-order valence-electron chi connectivity index (χ2n) is 5.41. The Labute approximate surface area is 135 Å². The Morgan fingerprint density at radius 3 is 2.50 bits per heavy atom. The lowest BCUT2D eigenvalue weighted by atomic mass is 9.95. The predicted octanol–water partition coefficient (Wildman–Crippen LogP) is 3.23. The Kier molecular flexibility index (Phi) is 4.75. The van der Waals surface area contributed by atoms with Crippen LogP contribution in [0.4, 0.5) is 18.9 Å². The van der Waals surface area contributed by atoms with Crippen LogP contribution in [0.25, 0.3) is 0 Å². The van der Waals surface area contributed by atoms with Crippen LogP contribution in [0.3, 0.4) is 0 Å². The fourth-order valence-corrected chi connectivity index (χ4v) is 2.22. The highest BCUT2D eigenvalue weighted by molar-refractivity contribution is 5.92. The molecule has 2 aromatic rings. The van der Waals surface area contributed by atoms with E-state index in [1.54, 1.807) is 6.92 Å². The molecule has 1 atom stereocenters. The summed E-state index contributed by atoms with van der Waals surface area (Å²) >= 11 is 0. The third kappa shape index (κ3) is 3.30. The molecule has 1 amide bonds. The number of hydrogen-bond acceptors (Lipinski definition) is 5. The summed E-state index contributed by atoms with van der Waals surface area (Å²) in [6.45, 7) is 4.71. The molecule has 9 heteroatoms. The van der Waals surface area contributed by atoms with Gasteiger partial charge >= 0.3 is 6.18 Å². The number of aryl methyl sites for hydroxylation is 3. The van der Waals surface area contributed by atoms with Crippen molar-refractivity contribution in [2.24, 2.45) is 0 Å². The second kappa shape index (κ2) is 6.31. The lowest BCUT2D eigenvalue weighted by molar-refractivity contribution is -0.272. The monoisotopic (exact) mass is 346 g/mol. The molecule has 0 aliphatic carbocycles. The van der Waals surface area contributed by atoms with E-state index >= 15 is 0 Å². The van der Waals surface area contributed by atoms with Crippen molar-refractivity contribution in [3.05, 3.63) is 35.1 Å². The number of nitrogens with one attached hydrogen (secondary N) is 1. The van der Waals surface area contributed by atoms with Gasteiger partial charge in [0.15, 0.2) is 5.76 Å². The number of alkyl halides is 3. The lowest BCUT2D eigenvalue weighted by Crippen LogP contribution is -2.44. The van der Waals surface area contributed by atoms with Crippen LogP contribution in [0.1, 0.15) is 36.3 Å². The van der Waals surface area contributed by atoms with E-state index in [1.807, 2.05) is 0 Å². The molecule has 2 heterocycles. The quantitative estimate of drug-likeness (QED) is 0.868. The third-order valence-electron chi connectivity index (χ3n) is 3.57. The zero-order valence-electron chi connectivity index (χ0n) is 13.3. The van der Waals surface area contributed by atoms with Gasteiger partial charge in [-0.3, -0.25) is 4.79 Å². The first kappa shape index (κ1) is 18.1. The van der Waals surface area contributed by atoms with Crippen LogP contribution in [-0.2, 0) is 16.8 Å². The van der Waals surface area contributed by atoms with Crippen molar-refractivity contribution in [2.45, 2.75) is 45.4 Å². The molecule has 2 rings (SSSR count). The average molecular weight is 346 g/mol. The Balaban J connectivity index is 2.27. The average Bonchev–Trinajstić information content (AvgIpc) is 3.05. The maximum absolute atomic E-state index is 13.3. The van der Waals surface area contributed by atoms with Gasteiger partial charge in [0.1, 0.15) is 22.9 Å². The maximum atomic E-state index is 13.3. The number of furan rings is 1. The number of halogens is 3. The molecule has 6 nitrogen and oxygen atoms in total. The zero-order valence-corrected chi connectivity index (χ0v) is 13.3. The number of aliphatic hydroxyl groups is 1. The second-order valence-corrected chi connectivity index (χ2v) is 5.41. The summed E-state index contributed by atoms with van der Waals surface area (Å²) in [6.07, 6.45) is -5.92. The molecule has 132 valence electrons. The topological polar surface area (TPSA) is 88.5 Å². The highest BCUT2D eigenvalue weighted by Crippen LogP contribution is 2.42. The summed E-state index contributed by atoms with van der Waals surface area (Å²) in [7, 11) is 0. The number of anilines is 1. The van der Waals surface area contributed by atoms with E-state index in [9.17, 15) is 23.1 Å². The van der Waals surface area contributed by atoms with Gasteiger partial charge in [0.05, 0.1) is 6.42 Å². The van der Waals surface area contributed by atoms with Crippen molar-refractivity contribution < 1.29 is 32.0 Å². The predicted molar refractivity (Wildman–Crippen MR) is 77.3 cm³/mol.